The van der Waals surface area contributed by atoms with E-state index in [1.54, 1.807) is 20.5 Å². The summed E-state index contributed by atoms with van der Waals surface area (Å²) in [5.41, 5.74) is 1.93. The molecule has 11 heteroatoms. The first-order chi connectivity index (χ1) is 21.3. The molecule has 0 unspecified atom stereocenters. The van der Waals surface area contributed by atoms with Gasteiger partial charge in [-0.25, -0.2) is 9.97 Å². The van der Waals surface area contributed by atoms with Crippen molar-refractivity contribution < 1.29 is 28.5 Å². The van der Waals surface area contributed by atoms with E-state index in [0.29, 0.717) is 18.5 Å². The highest BCUT2D eigenvalue weighted by Crippen LogP contribution is 2.48. The number of hydrogen-bond acceptors (Lipinski definition) is 10. The molecule has 1 aliphatic heterocycles. The van der Waals surface area contributed by atoms with Crippen molar-refractivity contribution in [1.82, 2.24) is 19.9 Å². The van der Waals surface area contributed by atoms with E-state index >= 15 is 0 Å². The van der Waals surface area contributed by atoms with Gasteiger partial charge in [0.2, 0.25) is 0 Å². The lowest BCUT2D eigenvalue weighted by Crippen LogP contribution is -2.44. The summed E-state index contributed by atoms with van der Waals surface area (Å²) in [6, 6.07) is 8.74. The Morgan fingerprint density at radius 2 is 1.84 bits per heavy atom. The van der Waals surface area contributed by atoms with Crippen LogP contribution in [0.5, 0.6) is 11.5 Å². The highest BCUT2D eigenvalue weighted by Gasteiger charge is 2.54. The highest BCUT2D eigenvalue weighted by molar-refractivity contribution is 5.87. The first kappa shape index (κ1) is 31.9. The second-order valence-corrected chi connectivity index (χ2v) is 12.5. The molecule has 2 aromatic heterocycles. The van der Waals surface area contributed by atoms with Crippen LogP contribution in [0.1, 0.15) is 70.9 Å². The zero-order chi connectivity index (χ0) is 31.3. The van der Waals surface area contributed by atoms with Gasteiger partial charge in [-0.05, 0) is 57.2 Å². The zero-order valence-corrected chi connectivity index (χ0v) is 26.4. The van der Waals surface area contributed by atoms with Gasteiger partial charge >= 0.3 is 6.15 Å². The fourth-order valence-corrected chi connectivity index (χ4v) is 7.03. The van der Waals surface area contributed by atoms with E-state index in [9.17, 15) is 0 Å². The molecule has 6 rings (SSSR count). The fraction of sp³-hybridized carbons (Fsp3) is 0.606. The number of nitrogens with zero attached hydrogens (tertiary/aromatic N) is 3. The van der Waals surface area contributed by atoms with Crippen molar-refractivity contribution in [3.63, 3.8) is 0 Å². The molecule has 0 bridgehead atoms. The van der Waals surface area contributed by atoms with Crippen molar-refractivity contribution >= 4 is 23.0 Å². The first-order valence-corrected chi connectivity index (χ1v) is 15.6. The van der Waals surface area contributed by atoms with E-state index < -0.39 is 5.79 Å². The molecule has 0 spiro atoms. The van der Waals surface area contributed by atoms with Crippen molar-refractivity contribution in [2.24, 2.45) is 11.8 Å². The van der Waals surface area contributed by atoms with Crippen molar-refractivity contribution in [3.8, 4) is 11.5 Å². The molecule has 44 heavy (non-hydrogen) atoms. The number of ether oxygens (including phenoxy) is 4. The van der Waals surface area contributed by atoms with Crippen LogP contribution in [0.25, 0.3) is 11.0 Å². The summed E-state index contributed by atoms with van der Waals surface area (Å²) < 4.78 is 26.2. The Bertz CT molecular complexity index is 1430. The van der Waals surface area contributed by atoms with Crippen LogP contribution in [-0.2, 0) is 25.6 Å². The molecule has 238 valence electrons. The molecule has 3 aromatic rings. The fourth-order valence-electron chi connectivity index (χ4n) is 7.03. The number of rotatable bonds is 12. The van der Waals surface area contributed by atoms with E-state index in [4.69, 9.17) is 33.5 Å². The van der Waals surface area contributed by atoms with Gasteiger partial charge in [0.25, 0.3) is 0 Å². The van der Waals surface area contributed by atoms with Crippen molar-refractivity contribution in [3.05, 3.63) is 42.4 Å². The molecule has 1 aromatic carbocycles. The van der Waals surface area contributed by atoms with Crippen LogP contribution in [0.4, 0.5) is 5.82 Å². The van der Waals surface area contributed by atoms with Gasteiger partial charge in [0, 0.05) is 42.9 Å². The molecule has 3 heterocycles. The molecule has 0 radical (unpaired) electrons. The van der Waals surface area contributed by atoms with Crippen LogP contribution in [0.15, 0.2) is 36.8 Å². The second kappa shape index (κ2) is 14.1. The number of aromatic nitrogens is 3. The summed E-state index contributed by atoms with van der Waals surface area (Å²) in [6.45, 7) is 7.87. The largest absolute Gasteiger partial charge is 0.497 e. The van der Waals surface area contributed by atoms with Crippen molar-refractivity contribution in [2.75, 3.05) is 26.1 Å². The zero-order valence-electron chi connectivity index (χ0n) is 26.4. The van der Waals surface area contributed by atoms with Crippen LogP contribution in [0.3, 0.4) is 0 Å². The van der Waals surface area contributed by atoms with Gasteiger partial charge in [0.15, 0.2) is 5.79 Å². The van der Waals surface area contributed by atoms with E-state index in [-0.39, 0.29) is 24.4 Å². The van der Waals surface area contributed by atoms with Gasteiger partial charge in [-0.2, -0.15) is 9.59 Å². The Kier molecular flexibility index (Phi) is 10.2. The van der Waals surface area contributed by atoms with Crippen molar-refractivity contribution in [2.45, 2.75) is 95.9 Å². The lowest BCUT2D eigenvalue weighted by molar-refractivity contribution is -0.191. The Morgan fingerprint density at radius 3 is 2.57 bits per heavy atom. The van der Waals surface area contributed by atoms with E-state index in [0.717, 1.165) is 52.8 Å². The minimum atomic E-state index is -0.587. The van der Waals surface area contributed by atoms with Gasteiger partial charge in [0.1, 0.15) is 35.4 Å². The maximum absolute atomic E-state index is 8.12. The Labute approximate surface area is 259 Å². The summed E-state index contributed by atoms with van der Waals surface area (Å²) in [6.07, 6.45) is 11.7. The average Bonchev–Trinajstić information content (AvgIpc) is 3.66. The molecule has 11 nitrogen and oxygen atoms in total. The molecule has 3 aliphatic rings. The molecule has 3 fully saturated rings. The Morgan fingerprint density at radius 1 is 1.07 bits per heavy atom. The van der Waals surface area contributed by atoms with Gasteiger partial charge < -0.3 is 34.1 Å². The first-order valence-electron chi connectivity index (χ1n) is 15.6. The molecular weight excluding hydrogens is 562 g/mol. The molecular formula is C33H45N5O6. The standard InChI is InChI=1S/C32H45N5O4.CO2/c1-6-7-8-20-13-23(14-20)33-18-22-15-26(29-28(22)40-32(2,3)41-29)37-12-11-25-30(35-19-36-31(25)37)34-17-21-9-10-24(38-4)16-27(21)39-5;2-1-3/h9-12,16,19-20,22-23,26,28-29,33H,6-8,13-15,17-18H2,1-5H3,(H,34,35,36);/t20?,22-,23?,26-,28-,29+;/m1./s1. The lowest BCUT2D eigenvalue weighted by atomic mass is 9.77. The Balaban J connectivity index is 0.00000123. The van der Waals surface area contributed by atoms with Crippen molar-refractivity contribution in [1.29, 1.82) is 0 Å². The molecule has 4 atom stereocenters. The van der Waals surface area contributed by atoms with Gasteiger partial charge in [0.05, 0.1) is 31.8 Å². The number of methoxy groups -OCH3 is 2. The maximum atomic E-state index is 8.12. The van der Waals surface area contributed by atoms with Crippen LogP contribution in [0.2, 0.25) is 0 Å². The SMILES string of the molecule is CCCCC1CC(NC[C@H]2C[C@@H](n3ccc4c(NCc5ccc(OC)cc5OC)ncnc43)[C@@H]3OC(C)(C)O[C@H]23)C1.O=C=O. The minimum Gasteiger partial charge on any atom is -0.497 e. The third-order valence-electron chi connectivity index (χ3n) is 9.23. The molecule has 0 amide bonds. The number of anilines is 1. The van der Waals surface area contributed by atoms with Gasteiger partial charge in [-0.1, -0.05) is 26.2 Å². The number of carbonyl (C=O) groups excluding carboxylic acids is 2. The number of nitrogens with one attached hydrogen (secondary N) is 2. The highest BCUT2D eigenvalue weighted by atomic mass is 16.8. The van der Waals surface area contributed by atoms with E-state index in [2.05, 4.69) is 39.4 Å². The molecule has 2 saturated carbocycles. The summed E-state index contributed by atoms with van der Waals surface area (Å²) >= 11 is 0. The van der Waals surface area contributed by atoms with Gasteiger partial charge in [-0.15, -0.1) is 0 Å². The van der Waals surface area contributed by atoms with Crippen LogP contribution >= 0.6 is 0 Å². The van der Waals surface area contributed by atoms with Crippen LogP contribution < -0.4 is 20.1 Å². The average molecular weight is 608 g/mol. The lowest BCUT2D eigenvalue weighted by Gasteiger charge is -2.37. The summed E-state index contributed by atoms with van der Waals surface area (Å²) in [4.78, 5) is 25.5. The number of hydrogen-bond donors (Lipinski definition) is 2. The summed E-state index contributed by atoms with van der Waals surface area (Å²) in [5, 5.41) is 8.36. The van der Waals surface area contributed by atoms with E-state index in [1.807, 2.05) is 32.0 Å². The number of benzene rings is 1. The molecule has 2 N–H and O–H groups in total. The predicted octanol–water partition coefficient (Wildman–Crippen LogP) is 5.12. The summed E-state index contributed by atoms with van der Waals surface area (Å²) in [5.74, 6) is 3.04. The molecule has 2 aliphatic carbocycles. The second-order valence-electron chi connectivity index (χ2n) is 12.5. The normalized spacial score (nSPS) is 26.7. The van der Waals surface area contributed by atoms with Crippen LogP contribution in [0, 0.1) is 11.8 Å². The Hall–Kier alpha value is -3.50. The minimum absolute atomic E-state index is 0.0129. The summed E-state index contributed by atoms with van der Waals surface area (Å²) in [7, 11) is 3.33. The monoisotopic (exact) mass is 607 g/mol. The van der Waals surface area contributed by atoms with Crippen LogP contribution in [-0.4, -0.2) is 65.5 Å². The number of unbranched alkanes of at least 4 members (excludes halogenated alkanes) is 1. The predicted molar refractivity (Wildman–Crippen MR) is 164 cm³/mol. The number of fused-ring (bicyclic) bond motifs is 2. The maximum Gasteiger partial charge on any atom is 0.373 e. The quantitative estimate of drug-likeness (QED) is 0.287. The third-order valence-corrected chi connectivity index (χ3v) is 9.23. The third kappa shape index (κ3) is 6.91. The topological polar surface area (TPSA) is 126 Å². The van der Waals surface area contributed by atoms with Gasteiger partial charge in [-0.3, -0.25) is 0 Å². The van der Waals surface area contributed by atoms with E-state index in [1.165, 1.54) is 32.1 Å². The smallest absolute Gasteiger partial charge is 0.373 e. The molecule has 1 saturated heterocycles.